The monoisotopic (exact) mass is 404 g/mol. The lowest BCUT2D eigenvalue weighted by molar-refractivity contribution is -0.138. The summed E-state index contributed by atoms with van der Waals surface area (Å²) in [7, 11) is 0. The van der Waals surface area contributed by atoms with Crippen LogP contribution in [-0.2, 0) is 19.0 Å². The Morgan fingerprint density at radius 1 is 1.10 bits per heavy atom. The molecule has 162 valence electrons. The molecule has 0 aromatic carbocycles. The smallest absolute Gasteiger partial charge is 0.432 e. The molecule has 0 aromatic rings. The van der Waals surface area contributed by atoms with E-state index < -0.39 is 6.16 Å². The Hall–Kier alpha value is -1.36. The van der Waals surface area contributed by atoms with Crippen LogP contribution in [0.2, 0.25) is 0 Å². The number of hydrogen-bond acceptors (Lipinski definition) is 5. The van der Waals surface area contributed by atoms with Crippen molar-refractivity contribution in [2.45, 2.75) is 91.3 Å². The van der Waals surface area contributed by atoms with E-state index in [0.717, 1.165) is 25.7 Å². The minimum atomic E-state index is -0.658. The highest BCUT2D eigenvalue weighted by Gasteiger charge is 2.59. The first kappa shape index (κ1) is 20.9. The van der Waals surface area contributed by atoms with Gasteiger partial charge in [-0.3, -0.25) is 4.79 Å². The second-order valence-corrected chi connectivity index (χ2v) is 10.4. The predicted molar refractivity (Wildman–Crippen MR) is 109 cm³/mol. The van der Waals surface area contributed by atoms with Crippen LogP contribution in [0.5, 0.6) is 0 Å². The van der Waals surface area contributed by atoms with Crippen LogP contribution >= 0.6 is 0 Å². The number of carbonyl (C=O) groups is 2. The number of rotatable bonds is 4. The standard InChI is InChI=1S/C24H36O5/c1-15(2)29-22(26)28-14-27-21-8-7-19-18-6-5-16-13-17(25)9-11-23(16,3)20(18)10-12-24(19,21)4/h13,15,18-21H,5-12,14H2,1-4H3. The number of hydrogen-bond donors (Lipinski definition) is 0. The molecular weight excluding hydrogens is 368 g/mol. The Labute approximate surface area is 174 Å². The second kappa shape index (κ2) is 7.72. The number of fused-ring (bicyclic) bond motifs is 5. The topological polar surface area (TPSA) is 61.8 Å². The van der Waals surface area contributed by atoms with E-state index in [4.69, 9.17) is 14.2 Å². The second-order valence-electron chi connectivity index (χ2n) is 10.4. The molecule has 0 amide bonds. The lowest BCUT2D eigenvalue weighted by Crippen LogP contribution is -2.51. The van der Waals surface area contributed by atoms with Crippen LogP contribution in [0.15, 0.2) is 11.6 Å². The molecule has 29 heavy (non-hydrogen) atoms. The molecule has 5 nitrogen and oxygen atoms in total. The van der Waals surface area contributed by atoms with Gasteiger partial charge in [-0.15, -0.1) is 0 Å². The summed E-state index contributed by atoms with van der Waals surface area (Å²) in [6.45, 7) is 8.38. The van der Waals surface area contributed by atoms with Gasteiger partial charge in [0.1, 0.15) is 0 Å². The van der Waals surface area contributed by atoms with Crippen LogP contribution in [0, 0.1) is 28.6 Å². The van der Waals surface area contributed by atoms with E-state index in [9.17, 15) is 9.59 Å². The summed E-state index contributed by atoms with van der Waals surface area (Å²) in [5, 5.41) is 0. The van der Waals surface area contributed by atoms with Gasteiger partial charge in [0.2, 0.25) is 0 Å². The summed E-state index contributed by atoms with van der Waals surface area (Å²) >= 11 is 0. The normalized spacial score (nSPS) is 41.3. The van der Waals surface area contributed by atoms with Crippen LogP contribution in [0.1, 0.15) is 79.1 Å². The molecule has 4 aliphatic rings. The van der Waals surface area contributed by atoms with Crippen molar-refractivity contribution < 1.29 is 23.8 Å². The summed E-state index contributed by atoms with van der Waals surface area (Å²) in [6.07, 6.45) is 9.84. The minimum absolute atomic E-state index is 0.0284. The van der Waals surface area contributed by atoms with Crippen molar-refractivity contribution in [1.29, 1.82) is 0 Å². The van der Waals surface area contributed by atoms with E-state index in [-0.39, 0.29) is 29.8 Å². The summed E-state index contributed by atoms with van der Waals surface area (Å²) < 4.78 is 16.2. The van der Waals surface area contributed by atoms with E-state index in [2.05, 4.69) is 13.8 Å². The number of allylic oxidation sites excluding steroid dienone is 1. The van der Waals surface area contributed by atoms with Crippen LogP contribution in [0.3, 0.4) is 0 Å². The summed E-state index contributed by atoms with van der Waals surface area (Å²) in [6, 6.07) is 0. The molecule has 0 radical (unpaired) electrons. The van der Waals surface area contributed by atoms with Crippen LogP contribution in [0.25, 0.3) is 0 Å². The molecule has 4 aliphatic carbocycles. The Morgan fingerprint density at radius 2 is 1.90 bits per heavy atom. The Kier molecular flexibility index (Phi) is 5.56. The van der Waals surface area contributed by atoms with Gasteiger partial charge in [0, 0.05) is 6.42 Å². The molecule has 0 bridgehead atoms. The fourth-order valence-corrected chi connectivity index (χ4v) is 7.18. The quantitative estimate of drug-likeness (QED) is 0.462. The third-order valence-electron chi connectivity index (χ3n) is 8.65. The van der Waals surface area contributed by atoms with Gasteiger partial charge in [0.15, 0.2) is 12.6 Å². The molecule has 4 rings (SSSR count). The molecule has 6 atom stereocenters. The van der Waals surface area contributed by atoms with Gasteiger partial charge in [0.05, 0.1) is 12.2 Å². The molecule has 3 fully saturated rings. The Balaban J connectivity index is 1.42. The molecule has 0 aromatic heterocycles. The summed E-state index contributed by atoms with van der Waals surface area (Å²) in [5.41, 5.74) is 1.77. The van der Waals surface area contributed by atoms with Gasteiger partial charge in [-0.1, -0.05) is 19.4 Å². The Bertz CT molecular complexity index is 697. The van der Waals surface area contributed by atoms with E-state index in [1.54, 1.807) is 13.8 Å². The first-order valence-electron chi connectivity index (χ1n) is 11.4. The average Bonchev–Trinajstić information content (AvgIpc) is 2.98. The predicted octanol–water partition coefficient (Wildman–Crippen LogP) is 5.42. The number of ether oxygens (including phenoxy) is 3. The summed E-state index contributed by atoms with van der Waals surface area (Å²) in [5.74, 6) is 2.38. The van der Waals surface area contributed by atoms with Crippen molar-refractivity contribution in [3.8, 4) is 0 Å². The highest BCUT2D eigenvalue weighted by molar-refractivity contribution is 5.91. The van der Waals surface area contributed by atoms with Crippen molar-refractivity contribution >= 4 is 11.9 Å². The van der Waals surface area contributed by atoms with Gasteiger partial charge >= 0.3 is 6.16 Å². The zero-order valence-electron chi connectivity index (χ0n) is 18.4. The zero-order valence-corrected chi connectivity index (χ0v) is 18.4. The molecular formula is C24H36O5. The fraction of sp³-hybridized carbons (Fsp3) is 0.833. The largest absolute Gasteiger partial charge is 0.510 e. The molecule has 3 saturated carbocycles. The first-order valence-corrected chi connectivity index (χ1v) is 11.4. The van der Waals surface area contributed by atoms with E-state index >= 15 is 0 Å². The maximum absolute atomic E-state index is 12.0. The van der Waals surface area contributed by atoms with Gasteiger partial charge < -0.3 is 14.2 Å². The average molecular weight is 405 g/mol. The SMILES string of the molecule is CC(C)OC(=O)OCOC1CCC2C3CCC4=CC(=O)CCC4(C)C3CCC12C. The van der Waals surface area contributed by atoms with E-state index in [1.807, 2.05) is 6.08 Å². The van der Waals surface area contributed by atoms with Crippen molar-refractivity contribution in [3.63, 3.8) is 0 Å². The van der Waals surface area contributed by atoms with E-state index in [1.165, 1.54) is 24.8 Å². The molecule has 0 N–H and O–H groups in total. The third kappa shape index (κ3) is 3.64. The van der Waals surface area contributed by atoms with Crippen molar-refractivity contribution in [2.24, 2.45) is 28.6 Å². The van der Waals surface area contributed by atoms with Gasteiger partial charge in [-0.2, -0.15) is 0 Å². The molecule has 0 spiro atoms. The van der Waals surface area contributed by atoms with E-state index in [0.29, 0.717) is 30.0 Å². The molecule has 5 heteroatoms. The zero-order chi connectivity index (χ0) is 20.8. The van der Waals surface area contributed by atoms with Gasteiger partial charge in [-0.25, -0.2) is 4.79 Å². The highest BCUT2D eigenvalue weighted by atomic mass is 16.8. The van der Waals surface area contributed by atoms with Gasteiger partial charge in [0.25, 0.3) is 0 Å². The number of carbonyl (C=O) groups excluding carboxylic acids is 2. The third-order valence-corrected chi connectivity index (χ3v) is 8.65. The lowest BCUT2D eigenvalue weighted by Gasteiger charge is -2.57. The molecule has 0 heterocycles. The maximum Gasteiger partial charge on any atom is 0.510 e. The van der Waals surface area contributed by atoms with Crippen LogP contribution in [-0.4, -0.2) is 30.9 Å². The van der Waals surface area contributed by atoms with Crippen molar-refractivity contribution in [1.82, 2.24) is 0 Å². The highest BCUT2D eigenvalue weighted by Crippen LogP contribution is 2.65. The first-order chi connectivity index (χ1) is 13.7. The lowest BCUT2D eigenvalue weighted by atomic mass is 9.47. The summed E-state index contributed by atoms with van der Waals surface area (Å²) in [4.78, 5) is 23.6. The maximum atomic E-state index is 12.0. The number of ketones is 1. The van der Waals surface area contributed by atoms with Crippen LogP contribution < -0.4 is 0 Å². The molecule has 6 unspecified atom stereocenters. The molecule has 0 aliphatic heterocycles. The van der Waals surface area contributed by atoms with Crippen molar-refractivity contribution in [2.75, 3.05) is 6.79 Å². The van der Waals surface area contributed by atoms with Crippen molar-refractivity contribution in [3.05, 3.63) is 11.6 Å². The molecule has 0 saturated heterocycles. The fourth-order valence-electron chi connectivity index (χ4n) is 7.18. The minimum Gasteiger partial charge on any atom is -0.432 e. The van der Waals surface area contributed by atoms with Gasteiger partial charge in [-0.05, 0) is 93.5 Å². The Morgan fingerprint density at radius 3 is 2.66 bits per heavy atom. The van der Waals surface area contributed by atoms with Crippen LogP contribution in [0.4, 0.5) is 4.79 Å².